The van der Waals surface area contributed by atoms with E-state index >= 15 is 0 Å². The Morgan fingerprint density at radius 2 is 2.15 bits per heavy atom. The van der Waals surface area contributed by atoms with Gasteiger partial charge in [-0.15, -0.1) is 0 Å². The van der Waals surface area contributed by atoms with Crippen molar-refractivity contribution in [2.75, 3.05) is 0 Å². The molecule has 5 nitrogen and oxygen atoms in total. The van der Waals surface area contributed by atoms with Crippen LogP contribution in [-0.4, -0.2) is 16.3 Å². The van der Waals surface area contributed by atoms with Crippen molar-refractivity contribution in [3.8, 4) is 11.9 Å². The van der Waals surface area contributed by atoms with Gasteiger partial charge in [0, 0.05) is 9.78 Å². The molecule has 1 heterocycles. The molecule has 2 aromatic rings. The Morgan fingerprint density at radius 1 is 1.45 bits per heavy atom. The third kappa shape index (κ3) is 2.72. The van der Waals surface area contributed by atoms with Gasteiger partial charge in [0.2, 0.25) is 5.88 Å². The summed E-state index contributed by atoms with van der Waals surface area (Å²) in [5, 5.41) is 18.7. The number of nitriles is 1. The van der Waals surface area contributed by atoms with Crippen LogP contribution in [0.2, 0.25) is 0 Å². The molecule has 1 aromatic heterocycles. The molecular weight excluding hydrogens is 369 g/mol. The lowest BCUT2D eigenvalue weighted by Crippen LogP contribution is -2.14. The molecule has 6 heteroatoms. The second-order valence-electron chi connectivity index (χ2n) is 4.04. The van der Waals surface area contributed by atoms with Gasteiger partial charge in [-0.1, -0.05) is 12.1 Å². The summed E-state index contributed by atoms with van der Waals surface area (Å²) in [6.07, 6.45) is 1.44. The van der Waals surface area contributed by atoms with Crippen molar-refractivity contribution in [1.82, 2.24) is 4.98 Å². The van der Waals surface area contributed by atoms with Crippen molar-refractivity contribution in [3.05, 3.63) is 54.9 Å². The normalized spacial score (nSPS) is 10.7. The predicted molar refractivity (Wildman–Crippen MR) is 84.6 cm³/mol. The fourth-order valence-electron chi connectivity index (χ4n) is 1.70. The van der Waals surface area contributed by atoms with Crippen LogP contribution in [0, 0.1) is 21.8 Å². The van der Waals surface area contributed by atoms with Gasteiger partial charge in [0.15, 0.2) is 0 Å². The number of aliphatic imine (C=N–C) groups is 1. The molecular formula is C14H10IN3O2. The van der Waals surface area contributed by atoms with Crippen LogP contribution in [0.5, 0.6) is 5.88 Å². The maximum atomic E-state index is 11.5. The first-order chi connectivity index (χ1) is 9.54. The number of hydrogen-bond acceptors (Lipinski definition) is 4. The number of pyridine rings is 1. The number of H-pyrrole nitrogens is 1. The van der Waals surface area contributed by atoms with Gasteiger partial charge >= 0.3 is 0 Å². The van der Waals surface area contributed by atoms with Crippen LogP contribution in [0.4, 0.5) is 5.69 Å². The summed E-state index contributed by atoms with van der Waals surface area (Å²) in [6.45, 7) is 1.60. The second kappa shape index (κ2) is 5.88. The fraction of sp³-hybridized carbons (Fsp3) is 0.0714. The molecule has 0 saturated carbocycles. The van der Waals surface area contributed by atoms with Gasteiger partial charge in [0.05, 0.1) is 11.3 Å². The van der Waals surface area contributed by atoms with Crippen molar-refractivity contribution >= 4 is 34.5 Å². The first kappa shape index (κ1) is 14.3. The van der Waals surface area contributed by atoms with Gasteiger partial charge in [-0.2, -0.15) is 5.26 Å². The van der Waals surface area contributed by atoms with Crippen molar-refractivity contribution in [2.24, 2.45) is 4.99 Å². The Balaban J connectivity index is 2.53. The fourth-order valence-corrected chi connectivity index (χ4v) is 2.23. The maximum Gasteiger partial charge on any atom is 0.268 e. The molecule has 100 valence electrons. The van der Waals surface area contributed by atoms with Crippen molar-refractivity contribution in [3.63, 3.8) is 0 Å². The number of rotatable bonds is 2. The zero-order valence-corrected chi connectivity index (χ0v) is 12.7. The van der Waals surface area contributed by atoms with Crippen LogP contribution in [0.1, 0.15) is 16.7 Å². The zero-order valence-electron chi connectivity index (χ0n) is 10.5. The van der Waals surface area contributed by atoms with E-state index in [-0.39, 0.29) is 11.4 Å². The summed E-state index contributed by atoms with van der Waals surface area (Å²) in [5.41, 5.74) is 0.863. The summed E-state index contributed by atoms with van der Waals surface area (Å²) < 4.78 is 0.962. The lowest BCUT2D eigenvalue weighted by molar-refractivity contribution is 0.450. The van der Waals surface area contributed by atoms with E-state index < -0.39 is 5.56 Å². The summed E-state index contributed by atoms with van der Waals surface area (Å²) in [4.78, 5) is 18.0. The highest BCUT2D eigenvalue weighted by Gasteiger charge is 2.12. The molecule has 0 aliphatic rings. The molecule has 0 saturated heterocycles. The minimum Gasteiger partial charge on any atom is -0.494 e. The van der Waals surface area contributed by atoms with Gasteiger partial charge in [0.1, 0.15) is 11.6 Å². The summed E-state index contributed by atoms with van der Waals surface area (Å²) >= 11 is 2.15. The highest BCUT2D eigenvalue weighted by atomic mass is 127. The standard InChI is InChI=1S/C14H10IN3O2/c1-8-9(6-16)13(19)18-14(20)10(8)7-17-12-5-3-2-4-11(12)15/h2-5,7H,1H3,(H2,18,19,20). The number of aromatic hydroxyl groups is 1. The number of aromatic amines is 1. The van der Waals surface area contributed by atoms with Crippen LogP contribution in [0.15, 0.2) is 34.1 Å². The molecule has 20 heavy (non-hydrogen) atoms. The van der Waals surface area contributed by atoms with Crippen molar-refractivity contribution < 1.29 is 5.11 Å². The Bertz CT molecular complexity index is 788. The molecule has 2 rings (SSSR count). The second-order valence-corrected chi connectivity index (χ2v) is 5.20. The van der Waals surface area contributed by atoms with Gasteiger partial charge < -0.3 is 5.11 Å². The Kier molecular flexibility index (Phi) is 4.20. The van der Waals surface area contributed by atoms with E-state index in [0.29, 0.717) is 11.1 Å². The van der Waals surface area contributed by atoms with E-state index in [4.69, 9.17) is 5.26 Å². The van der Waals surface area contributed by atoms with E-state index in [1.54, 1.807) is 6.92 Å². The van der Waals surface area contributed by atoms with Gasteiger partial charge in [-0.05, 0) is 47.2 Å². The maximum absolute atomic E-state index is 11.5. The molecule has 0 unspecified atom stereocenters. The number of benzene rings is 1. The zero-order chi connectivity index (χ0) is 14.7. The van der Waals surface area contributed by atoms with E-state index in [2.05, 4.69) is 32.6 Å². The molecule has 0 atom stereocenters. The van der Waals surface area contributed by atoms with Crippen LogP contribution < -0.4 is 5.56 Å². The third-order valence-corrected chi connectivity index (χ3v) is 3.70. The first-order valence-corrected chi connectivity index (χ1v) is 6.77. The highest BCUT2D eigenvalue weighted by Crippen LogP contribution is 2.22. The summed E-state index contributed by atoms with van der Waals surface area (Å²) in [5.74, 6) is -0.291. The highest BCUT2D eigenvalue weighted by molar-refractivity contribution is 14.1. The predicted octanol–water partition coefficient (Wildman–Crippen LogP) is 2.62. The number of halogens is 1. The summed E-state index contributed by atoms with van der Waals surface area (Å²) in [6, 6.07) is 9.32. The Labute approximate surface area is 128 Å². The molecule has 0 amide bonds. The molecule has 0 aliphatic carbocycles. The first-order valence-electron chi connectivity index (χ1n) is 5.69. The van der Waals surface area contributed by atoms with E-state index in [0.717, 1.165) is 9.26 Å². The molecule has 0 bridgehead atoms. The average Bonchev–Trinajstić information content (AvgIpc) is 2.40. The number of para-hydroxylation sites is 1. The van der Waals surface area contributed by atoms with E-state index in [1.807, 2.05) is 30.3 Å². The van der Waals surface area contributed by atoms with Crippen LogP contribution in [0.3, 0.4) is 0 Å². The quantitative estimate of drug-likeness (QED) is 0.621. The molecule has 0 spiro atoms. The van der Waals surface area contributed by atoms with E-state index in [9.17, 15) is 9.90 Å². The van der Waals surface area contributed by atoms with Gasteiger partial charge in [-0.25, -0.2) is 0 Å². The smallest absolute Gasteiger partial charge is 0.268 e. The molecule has 0 fully saturated rings. The molecule has 1 aromatic carbocycles. The minimum absolute atomic E-state index is 0.0213. The number of aromatic nitrogens is 1. The Hall–Kier alpha value is -2.14. The monoisotopic (exact) mass is 379 g/mol. The van der Waals surface area contributed by atoms with E-state index in [1.165, 1.54) is 6.21 Å². The van der Waals surface area contributed by atoms with Crippen LogP contribution >= 0.6 is 22.6 Å². The number of nitrogens with one attached hydrogen (secondary N) is 1. The molecule has 2 N–H and O–H groups in total. The Morgan fingerprint density at radius 3 is 2.80 bits per heavy atom. The lowest BCUT2D eigenvalue weighted by Gasteiger charge is -2.04. The number of nitrogens with zero attached hydrogens (tertiary/aromatic N) is 2. The largest absolute Gasteiger partial charge is 0.494 e. The van der Waals surface area contributed by atoms with Gasteiger partial charge in [-0.3, -0.25) is 14.8 Å². The lowest BCUT2D eigenvalue weighted by atomic mass is 10.1. The SMILES string of the molecule is Cc1c(C=Nc2ccccc2I)c(O)[nH]c(=O)c1C#N. The number of hydrogen-bond donors (Lipinski definition) is 2. The minimum atomic E-state index is -0.603. The van der Waals surface area contributed by atoms with Crippen molar-refractivity contribution in [1.29, 1.82) is 5.26 Å². The molecule has 0 aliphatic heterocycles. The molecule has 0 radical (unpaired) electrons. The summed E-state index contributed by atoms with van der Waals surface area (Å²) in [7, 11) is 0. The van der Waals surface area contributed by atoms with Crippen molar-refractivity contribution in [2.45, 2.75) is 6.92 Å². The third-order valence-electron chi connectivity index (χ3n) is 2.79. The van der Waals surface area contributed by atoms with Crippen LogP contribution in [0.25, 0.3) is 0 Å². The topological polar surface area (TPSA) is 89.2 Å². The average molecular weight is 379 g/mol. The van der Waals surface area contributed by atoms with Crippen LogP contribution in [-0.2, 0) is 0 Å². The van der Waals surface area contributed by atoms with Gasteiger partial charge in [0.25, 0.3) is 5.56 Å².